The van der Waals surface area contributed by atoms with E-state index in [9.17, 15) is 8.42 Å². The molecule has 0 bridgehead atoms. The summed E-state index contributed by atoms with van der Waals surface area (Å²) in [6.07, 6.45) is -0.947. The van der Waals surface area contributed by atoms with Crippen LogP contribution in [0.25, 0.3) is 0 Å². The molecule has 0 aromatic heterocycles. The summed E-state index contributed by atoms with van der Waals surface area (Å²) in [5, 5.41) is -0.0794. The van der Waals surface area contributed by atoms with Gasteiger partial charge in [0.2, 0.25) is 0 Å². The van der Waals surface area contributed by atoms with Gasteiger partial charge in [0.15, 0.2) is 41.1 Å². The second-order valence-corrected chi connectivity index (χ2v) is 36.9. The summed E-state index contributed by atoms with van der Waals surface area (Å²) in [6, 6.07) is 26.6. The number of hydrogen-bond acceptors (Lipinski definition) is 10. The molecule has 2 saturated heterocycles. The third kappa shape index (κ3) is 13.9. The fourth-order valence-corrected chi connectivity index (χ4v) is 14.0. The van der Waals surface area contributed by atoms with Crippen LogP contribution in [-0.2, 0) is 48.7 Å². The predicted octanol–water partition coefficient (Wildman–Crippen LogP) is 11.1. The molecule has 2 aliphatic heterocycles. The van der Waals surface area contributed by atoms with Gasteiger partial charge in [-0.05, 0) is 114 Å². The first-order valence-electron chi connectivity index (χ1n) is 22.3. The number of ether oxygens (including phenoxy) is 5. The number of sulfone groups is 1. The molecule has 0 saturated carbocycles. The quantitative estimate of drug-likeness (QED) is 0.102. The van der Waals surface area contributed by atoms with Crippen molar-refractivity contribution >= 4 is 34.8 Å². The Bertz CT molecular complexity index is 1970. The van der Waals surface area contributed by atoms with Gasteiger partial charge < -0.3 is 37.0 Å². The minimum Gasteiger partial charge on any atom is -0.497 e. The molecule has 5 rings (SSSR count). The van der Waals surface area contributed by atoms with Gasteiger partial charge in [-0.25, -0.2) is 8.42 Å². The maximum absolute atomic E-state index is 13.8. The topological polar surface area (TPSA) is 108 Å². The zero-order valence-corrected chi connectivity index (χ0v) is 43.8. The largest absolute Gasteiger partial charge is 0.497 e. The maximum atomic E-state index is 13.8. The SMILES string of the molecule is COc1ccc(CO[C@@H]([C@@H]2CCO[C@H](c3ccccc3)O2)[C@@]2(C)C[C@H](O[Si](C)(C)C(C)(C)C)[C@@H]([C@@H](C[C@](C)(CCS(=O)(=O)c3ccccc3)O[Si](C)(C)C)O[Si](C)(C)C)O2)cc1. The number of methoxy groups -OCH3 is 1. The third-order valence-corrected chi connectivity index (χ3v) is 20.6. The maximum Gasteiger partial charge on any atom is 0.192 e. The molecule has 346 valence electrons. The highest BCUT2D eigenvalue weighted by molar-refractivity contribution is 7.91. The van der Waals surface area contributed by atoms with Gasteiger partial charge in [0, 0.05) is 18.4 Å². The molecule has 0 amide bonds. The van der Waals surface area contributed by atoms with Crippen molar-refractivity contribution < 1.29 is 45.4 Å². The summed E-state index contributed by atoms with van der Waals surface area (Å²) >= 11 is 0. The van der Waals surface area contributed by atoms with Crippen molar-refractivity contribution in [1.82, 2.24) is 0 Å². The second-order valence-electron chi connectivity index (χ2n) is 21.2. The molecule has 0 N–H and O–H groups in total. The van der Waals surface area contributed by atoms with Gasteiger partial charge in [-0.3, -0.25) is 0 Å². The van der Waals surface area contributed by atoms with Gasteiger partial charge in [-0.2, -0.15) is 0 Å². The standard InChI is InChI=1S/C48H76O10SSi3/c1-46(2,3)62(13,14)57-42-34-48(5,44(53-35-36-25-27-38(51-6)28-26-36)40-29-31-52-45(54-40)37-21-17-15-18-22-37)55-43(42)41(56-60(7,8)9)33-47(4,58-61(10,11)12)30-32-59(49,50)39-23-19-16-20-24-39/h15-28,40-45H,29-35H2,1-14H3/t40-,41+,42-,43+,44-,45-,47-,48+/m0/s1. The molecular formula is C48H76O10SSi3. The minimum atomic E-state index is -3.59. The fraction of sp³-hybridized carbons (Fsp3) is 0.625. The Kier molecular flexibility index (Phi) is 16.5. The fourth-order valence-electron chi connectivity index (χ4n) is 8.40. The van der Waals surface area contributed by atoms with Gasteiger partial charge in [0.25, 0.3) is 0 Å². The second kappa shape index (κ2) is 20.1. The zero-order chi connectivity index (χ0) is 45.8. The van der Waals surface area contributed by atoms with E-state index in [1.165, 1.54) is 0 Å². The first kappa shape index (κ1) is 50.8. The van der Waals surface area contributed by atoms with E-state index in [1.807, 2.05) is 60.7 Å². The van der Waals surface area contributed by atoms with Crippen LogP contribution >= 0.6 is 0 Å². The average Bonchev–Trinajstić information content (AvgIpc) is 3.52. The Labute approximate surface area is 377 Å². The molecular weight excluding hydrogens is 853 g/mol. The van der Waals surface area contributed by atoms with Crippen LogP contribution in [0.5, 0.6) is 5.75 Å². The lowest BCUT2D eigenvalue weighted by Crippen LogP contribution is -2.54. The molecule has 2 aliphatic rings. The van der Waals surface area contributed by atoms with Crippen LogP contribution in [0, 0.1) is 0 Å². The lowest BCUT2D eigenvalue weighted by molar-refractivity contribution is -0.271. The third-order valence-electron chi connectivity index (χ3n) is 12.3. The van der Waals surface area contributed by atoms with Gasteiger partial charge in [0.05, 0.1) is 60.5 Å². The normalized spacial score (nSPS) is 24.9. The van der Waals surface area contributed by atoms with E-state index in [1.54, 1.807) is 31.4 Å². The van der Waals surface area contributed by atoms with Gasteiger partial charge >= 0.3 is 0 Å². The van der Waals surface area contributed by atoms with Crippen molar-refractivity contribution in [3.05, 3.63) is 96.1 Å². The highest BCUT2D eigenvalue weighted by atomic mass is 32.2. The van der Waals surface area contributed by atoms with Crippen molar-refractivity contribution in [3.8, 4) is 5.75 Å². The molecule has 0 unspecified atom stereocenters. The summed E-state index contributed by atoms with van der Waals surface area (Å²) in [6.45, 7) is 29.4. The monoisotopic (exact) mass is 928 g/mol. The van der Waals surface area contributed by atoms with Crippen LogP contribution < -0.4 is 4.74 Å². The molecule has 3 aromatic rings. The van der Waals surface area contributed by atoms with Crippen LogP contribution in [0.1, 0.15) is 77.7 Å². The van der Waals surface area contributed by atoms with Crippen LogP contribution in [-0.4, -0.2) is 94.6 Å². The van der Waals surface area contributed by atoms with E-state index in [2.05, 4.69) is 87.0 Å². The number of hydrogen-bond donors (Lipinski definition) is 0. The molecule has 2 fully saturated rings. The molecule has 62 heavy (non-hydrogen) atoms. The number of rotatable bonds is 20. The van der Waals surface area contributed by atoms with Crippen molar-refractivity contribution in [2.75, 3.05) is 19.5 Å². The first-order valence-corrected chi connectivity index (χ1v) is 33.7. The van der Waals surface area contributed by atoms with Gasteiger partial charge in [0.1, 0.15) is 18.0 Å². The Morgan fingerprint density at radius 3 is 2.02 bits per heavy atom. The van der Waals surface area contributed by atoms with Gasteiger partial charge in [-0.15, -0.1) is 0 Å². The van der Waals surface area contributed by atoms with E-state index >= 15 is 0 Å². The molecule has 0 radical (unpaired) electrons. The van der Waals surface area contributed by atoms with Crippen LogP contribution in [0.3, 0.4) is 0 Å². The smallest absolute Gasteiger partial charge is 0.192 e. The molecule has 2 heterocycles. The van der Waals surface area contributed by atoms with Crippen LogP contribution in [0.4, 0.5) is 0 Å². The summed E-state index contributed by atoms with van der Waals surface area (Å²) in [7, 11) is -8.82. The first-order chi connectivity index (χ1) is 28.7. The van der Waals surface area contributed by atoms with Crippen molar-refractivity contribution in [1.29, 1.82) is 0 Å². The molecule has 3 aromatic carbocycles. The average molecular weight is 929 g/mol. The van der Waals surface area contributed by atoms with Crippen molar-refractivity contribution in [2.24, 2.45) is 0 Å². The molecule has 14 heteroatoms. The van der Waals surface area contributed by atoms with Gasteiger partial charge in [-0.1, -0.05) is 81.4 Å². The van der Waals surface area contributed by atoms with E-state index in [0.717, 1.165) is 16.9 Å². The minimum absolute atomic E-state index is 0.0598. The Morgan fingerprint density at radius 1 is 0.839 bits per heavy atom. The summed E-state index contributed by atoms with van der Waals surface area (Å²) in [4.78, 5) is 0.313. The predicted molar refractivity (Wildman–Crippen MR) is 255 cm³/mol. The Balaban J connectivity index is 1.57. The Morgan fingerprint density at radius 2 is 1.45 bits per heavy atom. The van der Waals surface area contributed by atoms with Crippen LogP contribution in [0.15, 0.2) is 89.8 Å². The van der Waals surface area contributed by atoms with E-state index in [0.29, 0.717) is 43.8 Å². The number of benzene rings is 3. The molecule has 0 aliphatic carbocycles. The van der Waals surface area contributed by atoms with Crippen molar-refractivity contribution in [3.63, 3.8) is 0 Å². The van der Waals surface area contributed by atoms with E-state index < -0.39 is 70.6 Å². The molecule has 10 nitrogen and oxygen atoms in total. The lowest BCUT2D eigenvalue weighted by atomic mass is 9.87. The Hall–Kier alpha value is -2.22. The summed E-state index contributed by atoms with van der Waals surface area (Å²) in [5.74, 6) is 0.718. The molecule has 8 atom stereocenters. The summed E-state index contributed by atoms with van der Waals surface area (Å²) in [5.41, 5.74) is 0.207. The van der Waals surface area contributed by atoms with E-state index in [4.69, 9.17) is 37.0 Å². The zero-order valence-electron chi connectivity index (χ0n) is 40.0. The van der Waals surface area contributed by atoms with Crippen molar-refractivity contribution in [2.45, 2.75) is 177 Å². The molecule has 0 spiro atoms. The highest BCUT2D eigenvalue weighted by Crippen LogP contribution is 2.47. The lowest BCUT2D eigenvalue weighted by Gasteiger charge is -2.44. The van der Waals surface area contributed by atoms with Crippen LogP contribution in [0.2, 0.25) is 57.4 Å². The van der Waals surface area contributed by atoms with E-state index in [-0.39, 0.29) is 23.0 Å². The highest BCUT2D eigenvalue weighted by Gasteiger charge is 2.57. The summed E-state index contributed by atoms with van der Waals surface area (Å²) < 4.78 is 82.5.